The number of aromatic nitrogens is 2. The zero-order valence-corrected chi connectivity index (χ0v) is 9.89. The second-order valence-electron chi connectivity index (χ2n) is 3.98. The van der Waals surface area contributed by atoms with E-state index in [1.54, 1.807) is 12.3 Å². The summed E-state index contributed by atoms with van der Waals surface area (Å²) >= 11 is 0. The van der Waals surface area contributed by atoms with E-state index in [2.05, 4.69) is 15.5 Å². The van der Waals surface area contributed by atoms with Gasteiger partial charge in [-0.3, -0.25) is 9.89 Å². The number of carbonyl (C=O) groups excluding carboxylic acids is 1. The van der Waals surface area contributed by atoms with Crippen molar-refractivity contribution in [3.63, 3.8) is 0 Å². The predicted molar refractivity (Wildman–Crippen MR) is 68.2 cm³/mol. The van der Waals surface area contributed by atoms with E-state index in [9.17, 15) is 4.79 Å². The lowest BCUT2D eigenvalue weighted by Crippen LogP contribution is -2.14. The first-order chi connectivity index (χ1) is 8.78. The number of nitrogens with zero attached hydrogens (tertiary/aromatic N) is 1. The molecule has 1 aromatic heterocycles. The minimum absolute atomic E-state index is 0.0887. The molecule has 0 bridgehead atoms. The Balaban J connectivity index is 1.90. The van der Waals surface area contributed by atoms with Gasteiger partial charge in [0.15, 0.2) is 0 Å². The maximum atomic E-state index is 11.7. The highest BCUT2D eigenvalue weighted by atomic mass is 16.2. The molecule has 1 heterocycles. The molecule has 0 fully saturated rings. The summed E-state index contributed by atoms with van der Waals surface area (Å²) in [4.78, 5) is 11.7. The van der Waals surface area contributed by atoms with Gasteiger partial charge in [0, 0.05) is 24.2 Å². The average Bonchev–Trinajstić information content (AvgIpc) is 2.84. The third kappa shape index (κ3) is 3.43. The summed E-state index contributed by atoms with van der Waals surface area (Å²) < 4.78 is 0. The fourth-order valence-electron chi connectivity index (χ4n) is 1.65. The first-order valence-electron chi connectivity index (χ1n) is 5.76. The molecule has 0 saturated carbocycles. The topological polar surface area (TPSA) is 78.0 Å². The van der Waals surface area contributed by atoms with Crippen molar-refractivity contribution in [1.82, 2.24) is 10.2 Å². The summed E-state index contributed by atoms with van der Waals surface area (Å²) in [6.45, 7) is 0.130. The van der Waals surface area contributed by atoms with E-state index in [4.69, 9.17) is 5.11 Å². The molecule has 0 radical (unpaired) electrons. The monoisotopic (exact) mass is 245 g/mol. The van der Waals surface area contributed by atoms with Crippen LogP contribution in [0.5, 0.6) is 0 Å². The molecule has 94 valence electrons. The zero-order chi connectivity index (χ0) is 12.8. The SMILES string of the molecule is O=C(Cc1ccn[nH]1)Nc1ccc(CCO)cc1. The minimum Gasteiger partial charge on any atom is -0.396 e. The Morgan fingerprint density at radius 2 is 2.06 bits per heavy atom. The van der Waals surface area contributed by atoms with Crippen molar-refractivity contribution >= 4 is 11.6 Å². The molecule has 5 heteroatoms. The summed E-state index contributed by atoms with van der Waals surface area (Å²) in [7, 11) is 0. The van der Waals surface area contributed by atoms with E-state index < -0.39 is 0 Å². The van der Waals surface area contributed by atoms with Gasteiger partial charge in [0.05, 0.1) is 6.42 Å². The van der Waals surface area contributed by atoms with Crippen LogP contribution in [0.25, 0.3) is 0 Å². The van der Waals surface area contributed by atoms with Crippen LogP contribution in [0.1, 0.15) is 11.3 Å². The lowest BCUT2D eigenvalue weighted by molar-refractivity contribution is -0.115. The highest BCUT2D eigenvalue weighted by Gasteiger charge is 2.04. The molecule has 0 saturated heterocycles. The summed E-state index contributed by atoms with van der Waals surface area (Å²) in [6, 6.07) is 9.21. The van der Waals surface area contributed by atoms with Gasteiger partial charge < -0.3 is 10.4 Å². The number of nitrogens with one attached hydrogen (secondary N) is 2. The van der Waals surface area contributed by atoms with E-state index in [0.29, 0.717) is 6.42 Å². The fraction of sp³-hybridized carbons (Fsp3) is 0.231. The van der Waals surface area contributed by atoms with E-state index in [1.165, 1.54) is 0 Å². The van der Waals surface area contributed by atoms with E-state index in [-0.39, 0.29) is 18.9 Å². The second-order valence-corrected chi connectivity index (χ2v) is 3.98. The summed E-state index contributed by atoms with van der Waals surface area (Å²) in [5.74, 6) is -0.0887. The van der Waals surface area contributed by atoms with Gasteiger partial charge >= 0.3 is 0 Å². The minimum atomic E-state index is -0.0887. The molecular formula is C13H15N3O2. The molecule has 3 N–H and O–H groups in total. The van der Waals surface area contributed by atoms with E-state index in [1.807, 2.05) is 24.3 Å². The molecule has 2 rings (SSSR count). The summed E-state index contributed by atoms with van der Waals surface area (Å²) in [6.07, 6.45) is 2.52. The van der Waals surface area contributed by atoms with Gasteiger partial charge in [-0.2, -0.15) is 5.10 Å². The number of aromatic amines is 1. The lowest BCUT2D eigenvalue weighted by Gasteiger charge is -2.05. The van der Waals surface area contributed by atoms with Crippen LogP contribution in [-0.2, 0) is 17.6 Å². The molecule has 0 atom stereocenters. The van der Waals surface area contributed by atoms with Crippen LogP contribution in [-0.4, -0.2) is 27.8 Å². The van der Waals surface area contributed by atoms with Crippen molar-refractivity contribution in [1.29, 1.82) is 0 Å². The molecule has 2 aromatic rings. The average molecular weight is 245 g/mol. The van der Waals surface area contributed by atoms with Crippen LogP contribution in [0, 0.1) is 0 Å². The molecule has 1 amide bonds. The molecule has 0 spiro atoms. The van der Waals surface area contributed by atoms with Crippen LogP contribution < -0.4 is 5.32 Å². The number of H-pyrrole nitrogens is 1. The Labute approximate surface area is 105 Å². The van der Waals surface area contributed by atoms with Gasteiger partial charge in [0.25, 0.3) is 0 Å². The fourth-order valence-corrected chi connectivity index (χ4v) is 1.65. The van der Waals surface area contributed by atoms with Gasteiger partial charge in [-0.15, -0.1) is 0 Å². The maximum Gasteiger partial charge on any atom is 0.230 e. The van der Waals surface area contributed by atoms with Gasteiger partial charge in [0.2, 0.25) is 5.91 Å². The summed E-state index contributed by atoms with van der Waals surface area (Å²) in [5, 5.41) is 18.1. The van der Waals surface area contributed by atoms with Crippen molar-refractivity contribution in [3.8, 4) is 0 Å². The number of benzene rings is 1. The molecule has 0 aliphatic rings. The predicted octanol–water partition coefficient (Wildman–Crippen LogP) is 1.13. The van der Waals surface area contributed by atoms with Crippen LogP contribution in [0.15, 0.2) is 36.5 Å². The highest BCUT2D eigenvalue weighted by molar-refractivity contribution is 5.91. The maximum absolute atomic E-state index is 11.7. The standard InChI is InChI=1S/C13H15N3O2/c17-8-6-10-1-3-11(4-2-10)15-13(18)9-12-5-7-14-16-12/h1-5,7,17H,6,8-9H2,(H,14,16)(H,15,18). The van der Waals surface area contributed by atoms with Crippen molar-refractivity contribution in [2.24, 2.45) is 0 Å². The van der Waals surface area contributed by atoms with E-state index in [0.717, 1.165) is 16.9 Å². The summed E-state index contributed by atoms with van der Waals surface area (Å²) in [5.41, 5.74) is 2.58. The van der Waals surface area contributed by atoms with Crippen molar-refractivity contribution in [2.45, 2.75) is 12.8 Å². The Morgan fingerprint density at radius 3 is 2.67 bits per heavy atom. The van der Waals surface area contributed by atoms with Gasteiger partial charge in [-0.25, -0.2) is 0 Å². The van der Waals surface area contributed by atoms with Crippen molar-refractivity contribution < 1.29 is 9.90 Å². The molecule has 0 aliphatic carbocycles. The Hall–Kier alpha value is -2.14. The lowest BCUT2D eigenvalue weighted by atomic mass is 10.1. The largest absolute Gasteiger partial charge is 0.396 e. The second kappa shape index (κ2) is 5.97. The number of amides is 1. The first-order valence-corrected chi connectivity index (χ1v) is 5.76. The molecular weight excluding hydrogens is 230 g/mol. The Kier molecular flexibility index (Phi) is 4.09. The number of hydrogen-bond acceptors (Lipinski definition) is 3. The van der Waals surface area contributed by atoms with Crippen molar-refractivity contribution in [2.75, 3.05) is 11.9 Å². The van der Waals surface area contributed by atoms with Crippen LogP contribution >= 0.6 is 0 Å². The molecule has 0 unspecified atom stereocenters. The number of hydrogen-bond donors (Lipinski definition) is 3. The normalized spacial score (nSPS) is 10.3. The smallest absolute Gasteiger partial charge is 0.230 e. The van der Waals surface area contributed by atoms with Gasteiger partial charge in [0.1, 0.15) is 0 Å². The molecule has 18 heavy (non-hydrogen) atoms. The van der Waals surface area contributed by atoms with Gasteiger partial charge in [-0.1, -0.05) is 12.1 Å². The molecule has 1 aromatic carbocycles. The van der Waals surface area contributed by atoms with Crippen molar-refractivity contribution in [3.05, 3.63) is 47.8 Å². The highest BCUT2D eigenvalue weighted by Crippen LogP contribution is 2.10. The zero-order valence-electron chi connectivity index (χ0n) is 9.89. The number of anilines is 1. The van der Waals surface area contributed by atoms with Crippen LogP contribution in [0.2, 0.25) is 0 Å². The van der Waals surface area contributed by atoms with E-state index >= 15 is 0 Å². The van der Waals surface area contributed by atoms with Crippen LogP contribution in [0.4, 0.5) is 5.69 Å². The number of aliphatic hydroxyl groups is 1. The number of carbonyl (C=O) groups is 1. The molecule has 0 aliphatic heterocycles. The first kappa shape index (κ1) is 12.3. The third-order valence-electron chi connectivity index (χ3n) is 2.55. The van der Waals surface area contributed by atoms with Crippen LogP contribution in [0.3, 0.4) is 0 Å². The third-order valence-corrected chi connectivity index (χ3v) is 2.55. The van der Waals surface area contributed by atoms with Gasteiger partial charge in [-0.05, 0) is 30.2 Å². The number of rotatable bonds is 5. The Bertz CT molecular complexity index is 491. The molecule has 5 nitrogen and oxygen atoms in total. The Morgan fingerprint density at radius 1 is 1.28 bits per heavy atom. The quantitative estimate of drug-likeness (QED) is 0.738. The number of aliphatic hydroxyl groups excluding tert-OH is 1.